The van der Waals surface area contributed by atoms with Crippen LogP contribution in [0.4, 0.5) is 5.13 Å². The summed E-state index contributed by atoms with van der Waals surface area (Å²) in [6.45, 7) is 5.53. The fourth-order valence-corrected chi connectivity index (χ4v) is 4.05. The maximum Gasteiger partial charge on any atom is 0.269 e. The molecule has 0 fully saturated rings. The summed E-state index contributed by atoms with van der Waals surface area (Å²) in [5.41, 5.74) is 0.458. The van der Waals surface area contributed by atoms with Gasteiger partial charge in [0.15, 0.2) is 0 Å². The Balaban J connectivity index is 1.88. The van der Waals surface area contributed by atoms with E-state index in [1.807, 2.05) is 24.3 Å². The molecule has 0 atom stereocenters. The molecule has 2 aromatic rings. The average Bonchev–Trinajstić information content (AvgIpc) is 3.07. The van der Waals surface area contributed by atoms with E-state index >= 15 is 0 Å². The van der Waals surface area contributed by atoms with E-state index in [0.717, 1.165) is 22.6 Å². The van der Waals surface area contributed by atoms with Crippen molar-refractivity contribution in [3.05, 3.63) is 29.8 Å². The van der Waals surface area contributed by atoms with Gasteiger partial charge in [0.2, 0.25) is 15.4 Å². The van der Waals surface area contributed by atoms with Gasteiger partial charge >= 0.3 is 0 Å². The second-order valence-corrected chi connectivity index (χ2v) is 9.85. The Bertz CT molecular complexity index is 888. The summed E-state index contributed by atoms with van der Waals surface area (Å²) in [5, 5.41) is 10.1. The van der Waals surface area contributed by atoms with E-state index in [2.05, 4.69) is 20.2 Å². The number of aromatic nitrogens is 2. The van der Waals surface area contributed by atoms with E-state index in [4.69, 9.17) is 4.74 Å². The maximum atomic E-state index is 12.3. The van der Waals surface area contributed by atoms with Crippen molar-refractivity contribution in [1.82, 2.24) is 14.9 Å². The van der Waals surface area contributed by atoms with Gasteiger partial charge in [-0.15, -0.1) is 10.2 Å². The zero-order chi connectivity index (χ0) is 20.1. The number of benzene rings is 1. The summed E-state index contributed by atoms with van der Waals surface area (Å²) >= 11 is 0.822. The highest BCUT2D eigenvalue weighted by Crippen LogP contribution is 2.23. The second kappa shape index (κ2) is 8.77. The number of nitrogens with zero attached hydrogens (tertiary/aromatic N) is 2. The zero-order valence-corrected chi connectivity index (χ0v) is 17.4. The highest BCUT2D eigenvalue weighted by atomic mass is 32.2. The molecule has 0 bridgehead atoms. The Morgan fingerprint density at radius 2 is 2.00 bits per heavy atom. The predicted molar refractivity (Wildman–Crippen MR) is 104 cm³/mol. The van der Waals surface area contributed by atoms with Crippen molar-refractivity contribution < 1.29 is 17.9 Å². The van der Waals surface area contributed by atoms with Crippen LogP contribution in [0.3, 0.4) is 0 Å². The molecule has 10 heteroatoms. The number of aryl methyl sites for hydroxylation is 1. The van der Waals surface area contributed by atoms with Crippen molar-refractivity contribution in [2.75, 3.05) is 19.0 Å². The molecule has 1 heterocycles. The first-order valence-corrected chi connectivity index (χ1v) is 10.7. The van der Waals surface area contributed by atoms with Gasteiger partial charge in [-0.1, -0.05) is 44.2 Å². The fraction of sp³-hybridized carbons (Fsp3) is 0.471. The molecule has 8 nitrogen and oxygen atoms in total. The lowest BCUT2D eigenvalue weighted by Crippen LogP contribution is -2.27. The predicted octanol–water partition coefficient (Wildman–Crippen LogP) is 2.44. The van der Waals surface area contributed by atoms with E-state index in [1.54, 1.807) is 27.9 Å². The molecule has 0 aliphatic rings. The largest absolute Gasteiger partial charge is 0.497 e. The molecule has 2 N–H and O–H groups in total. The summed E-state index contributed by atoms with van der Waals surface area (Å²) in [6, 6.07) is 7.64. The summed E-state index contributed by atoms with van der Waals surface area (Å²) in [7, 11) is -2.15. The molecule has 0 unspecified atom stereocenters. The molecular weight excluding hydrogens is 388 g/mol. The van der Waals surface area contributed by atoms with Crippen LogP contribution < -0.4 is 14.8 Å². The lowest BCUT2D eigenvalue weighted by Gasteiger charge is -2.15. The quantitative estimate of drug-likeness (QED) is 0.509. The molecular formula is C17H24N4O4S2. The molecule has 1 aromatic carbocycles. The second-order valence-electron chi connectivity index (χ2n) is 6.93. The number of hydrogen-bond donors (Lipinski definition) is 2. The number of carbonyl (C=O) groups is 1. The van der Waals surface area contributed by atoms with Gasteiger partial charge in [-0.3, -0.25) is 4.79 Å². The number of amides is 1. The number of carbonyl (C=O) groups excluding carboxylic acids is 1. The van der Waals surface area contributed by atoms with Crippen LogP contribution in [0.2, 0.25) is 0 Å². The van der Waals surface area contributed by atoms with Crippen LogP contribution in [-0.2, 0) is 21.2 Å². The minimum Gasteiger partial charge on any atom is -0.497 e. The molecule has 148 valence electrons. The third-order valence-corrected chi connectivity index (χ3v) is 6.27. The normalized spacial score (nSPS) is 12.0. The first kappa shape index (κ1) is 21.3. The van der Waals surface area contributed by atoms with Crippen LogP contribution >= 0.6 is 11.3 Å². The molecule has 1 aromatic heterocycles. The lowest BCUT2D eigenvalue weighted by molar-refractivity contribution is -0.123. The number of hydrogen-bond acceptors (Lipinski definition) is 7. The standard InChI is InChI=1S/C17H24N4O4S2/c1-17(2,3)14(22)19-15-20-21-16(26-15)27(23,24)18-10-6-8-12-7-5-9-13(11-12)25-4/h5,7,9,11,18H,6,8,10H2,1-4H3,(H,19,20,22). The minimum atomic E-state index is -3.76. The summed E-state index contributed by atoms with van der Waals surface area (Å²) in [6.07, 6.45) is 1.33. The van der Waals surface area contributed by atoms with Crippen LogP contribution in [-0.4, -0.2) is 38.2 Å². The number of sulfonamides is 1. The van der Waals surface area contributed by atoms with Crippen molar-refractivity contribution in [3.8, 4) is 5.75 Å². The number of ether oxygens (including phenoxy) is 1. The van der Waals surface area contributed by atoms with Gasteiger partial charge in [0.1, 0.15) is 5.75 Å². The summed E-state index contributed by atoms with van der Waals surface area (Å²) in [5.74, 6) is 0.514. The van der Waals surface area contributed by atoms with Crippen molar-refractivity contribution in [3.63, 3.8) is 0 Å². The SMILES string of the molecule is COc1cccc(CCCNS(=O)(=O)c2nnc(NC(=O)C(C)(C)C)s2)c1. The number of methoxy groups -OCH3 is 1. The van der Waals surface area contributed by atoms with Crippen molar-refractivity contribution >= 4 is 32.4 Å². The van der Waals surface area contributed by atoms with E-state index < -0.39 is 15.4 Å². The first-order valence-electron chi connectivity index (χ1n) is 8.39. The van der Waals surface area contributed by atoms with E-state index in [-0.39, 0.29) is 21.9 Å². The Morgan fingerprint density at radius 1 is 1.26 bits per heavy atom. The summed E-state index contributed by atoms with van der Waals surface area (Å²) in [4.78, 5) is 11.9. The Hall–Kier alpha value is -2.04. The van der Waals surface area contributed by atoms with Crippen LogP contribution in [0.15, 0.2) is 28.6 Å². The molecule has 0 saturated heterocycles. The van der Waals surface area contributed by atoms with Gasteiger partial charge in [-0.2, -0.15) is 0 Å². The number of rotatable bonds is 8. The van der Waals surface area contributed by atoms with Gasteiger partial charge in [0.05, 0.1) is 7.11 Å². The highest BCUT2D eigenvalue weighted by Gasteiger charge is 2.24. The Kier molecular flexibility index (Phi) is 6.90. The molecule has 0 spiro atoms. The third-order valence-electron chi connectivity index (χ3n) is 3.61. The number of anilines is 1. The van der Waals surface area contributed by atoms with Crippen LogP contribution in [0.1, 0.15) is 32.8 Å². The monoisotopic (exact) mass is 412 g/mol. The van der Waals surface area contributed by atoms with Gasteiger partial charge in [-0.05, 0) is 30.5 Å². The zero-order valence-electron chi connectivity index (χ0n) is 15.8. The Labute approximate surface area is 163 Å². The summed E-state index contributed by atoms with van der Waals surface area (Å²) < 4.78 is 32.1. The van der Waals surface area contributed by atoms with Crippen LogP contribution in [0.25, 0.3) is 0 Å². The van der Waals surface area contributed by atoms with Gasteiger partial charge in [0.25, 0.3) is 10.0 Å². The molecule has 27 heavy (non-hydrogen) atoms. The smallest absolute Gasteiger partial charge is 0.269 e. The molecule has 2 rings (SSSR count). The molecule has 0 aliphatic heterocycles. The van der Waals surface area contributed by atoms with Crippen molar-refractivity contribution in [2.45, 2.75) is 38.0 Å². The van der Waals surface area contributed by atoms with E-state index in [1.165, 1.54) is 0 Å². The van der Waals surface area contributed by atoms with Gasteiger partial charge < -0.3 is 10.1 Å². The fourth-order valence-electron chi connectivity index (χ4n) is 2.04. The van der Waals surface area contributed by atoms with Crippen LogP contribution in [0.5, 0.6) is 5.75 Å². The topological polar surface area (TPSA) is 110 Å². The average molecular weight is 413 g/mol. The van der Waals surface area contributed by atoms with E-state index in [0.29, 0.717) is 12.8 Å². The third kappa shape index (κ3) is 6.26. The maximum absolute atomic E-state index is 12.3. The Morgan fingerprint density at radius 3 is 2.67 bits per heavy atom. The van der Waals surface area contributed by atoms with E-state index in [9.17, 15) is 13.2 Å². The molecule has 1 amide bonds. The van der Waals surface area contributed by atoms with Gasteiger partial charge in [-0.25, -0.2) is 13.1 Å². The highest BCUT2D eigenvalue weighted by molar-refractivity contribution is 7.91. The van der Waals surface area contributed by atoms with Crippen molar-refractivity contribution in [1.29, 1.82) is 0 Å². The van der Waals surface area contributed by atoms with Crippen LogP contribution in [0, 0.1) is 5.41 Å². The molecule has 0 aliphatic carbocycles. The van der Waals surface area contributed by atoms with Gasteiger partial charge in [0, 0.05) is 12.0 Å². The van der Waals surface area contributed by atoms with Crippen molar-refractivity contribution in [2.24, 2.45) is 5.41 Å². The lowest BCUT2D eigenvalue weighted by atomic mass is 9.96. The number of nitrogens with one attached hydrogen (secondary N) is 2. The first-order chi connectivity index (χ1) is 12.6. The minimum absolute atomic E-state index is 0.159. The molecule has 0 saturated carbocycles. The molecule has 0 radical (unpaired) electrons.